The molecule has 5 heteroatoms. The van der Waals surface area contributed by atoms with Gasteiger partial charge in [0.15, 0.2) is 11.6 Å². The molecule has 0 aromatic heterocycles. The van der Waals surface area contributed by atoms with E-state index in [0.29, 0.717) is 13.0 Å². The fourth-order valence-electron chi connectivity index (χ4n) is 1.37. The number of amides is 1. The lowest BCUT2D eigenvalue weighted by Gasteiger charge is -2.08. The maximum atomic E-state index is 13.2. The summed E-state index contributed by atoms with van der Waals surface area (Å²) >= 11 is 0. The van der Waals surface area contributed by atoms with Crippen LogP contribution in [0.15, 0.2) is 18.2 Å². The van der Waals surface area contributed by atoms with Gasteiger partial charge in [0.1, 0.15) is 12.4 Å². The molecule has 0 unspecified atom stereocenters. The van der Waals surface area contributed by atoms with Gasteiger partial charge in [-0.1, -0.05) is 13.3 Å². The highest BCUT2D eigenvalue weighted by molar-refractivity contribution is 5.75. The number of benzene rings is 1. The van der Waals surface area contributed by atoms with Gasteiger partial charge in [-0.2, -0.15) is 0 Å². The lowest BCUT2D eigenvalue weighted by molar-refractivity contribution is -0.121. The highest BCUT2D eigenvalue weighted by Gasteiger charge is 2.05. The van der Waals surface area contributed by atoms with Crippen molar-refractivity contribution in [3.8, 4) is 5.75 Å². The zero-order valence-electron chi connectivity index (χ0n) is 10.3. The molecule has 0 aliphatic carbocycles. The molecule has 0 aliphatic heterocycles. The second-order valence-corrected chi connectivity index (χ2v) is 3.88. The highest BCUT2D eigenvalue weighted by atomic mass is 19.1. The van der Waals surface area contributed by atoms with Crippen LogP contribution in [0.25, 0.3) is 0 Å². The first-order chi connectivity index (χ1) is 8.63. The maximum Gasteiger partial charge on any atom is 0.220 e. The lowest BCUT2D eigenvalue weighted by Crippen LogP contribution is -2.27. The smallest absolute Gasteiger partial charge is 0.220 e. The van der Waals surface area contributed by atoms with E-state index in [4.69, 9.17) is 4.74 Å². The highest BCUT2D eigenvalue weighted by Crippen LogP contribution is 2.17. The van der Waals surface area contributed by atoms with E-state index in [0.717, 1.165) is 25.0 Å². The van der Waals surface area contributed by atoms with Crippen molar-refractivity contribution in [1.29, 1.82) is 0 Å². The van der Waals surface area contributed by atoms with Gasteiger partial charge in [-0.15, -0.1) is 0 Å². The Hall–Kier alpha value is -1.65. The average Bonchev–Trinajstić information content (AvgIpc) is 2.34. The Morgan fingerprint density at radius 1 is 1.39 bits per heavy atom. The fourth-order valence-corrected chi connectivity index (χ4v) is 1.37. The molecule has 0 heterocycles. The summed E-state index contributed by atoms with van der Waals surface area (Å²) in [6.45, 7) is 2.47. The van der Waals surface area contributed by atoms with Crippen LogP contribution in [0.3, 0.4) is 0 Å². The Kier molecular flexibility index (Phi) is 6.11. The molecule has 1 N–H and O–H groups in total. The van der Waals surface area contributed by atoms with Crippen LogP contribution < -0.4 is 10.1 Å². The van der Waals surface area contributed by atoms with Gasteiger partial charge in [-0.25, -0.2) is 8.78 Å². The number of ether oxygens (including phenoxy) is 1. The predicted molar refractivity (Wildman–Crippen MR) is 64.4 cm³/mol. The summed E-state index contributed by atoms with van der Waals surface area (Å²) in [5, 5.41) is 2.66. The predicted octanol–water partition coefficient (Wildman–Crippen LogP) is 2.65. The lowest BCUT2D eigenvalue weighted by atomic mass is 10.2. The van der Waals surface area contributed by atoms with Gasteiger partial charge in [0.05, 0.1) is 6.54 Å². The van der Waals surface area contributed by atoms with Gasteiger partial charge in [0, 0.05) is 12.5 Å². The number of nitrogens with one attached hydrogen (secondary N) is 1. The molecule has 0 aliphatic rings. The molecule has 1 amide bonds. The van der Waals surface area contributed by atoms with Crippen LogP contribution in [0.2, 0.25) is 0 Å². The third-order valence-corrected chi connectivity index (χ3v) is 2.33. The van der Waals surface area contributed by atoms with Gasteiger partial charge in [0.2, 0.25) is 5.91 Å². The Balaban J connectivity index is 2.23. The first-order valence-electron chi connectivity index (χ1n) is 5.98. The number of unbranched alkanes of at least 4 members (excludes halogenated alkanes) is 1. The van der Waals surface area contributed by atoms with Crippen molar-refractivity contribution < 1.29 is 18.3 Å². The first kappa shape index (κ1) is 14.4. The molecule has 1 aromatic rings. The van der Waals surface area contributed by atoms with Crippen LogP contribution >= 0.6 is 0 Å². The quantitative estimate of drug-likeness (QED) is 0.763. The monoisotopic (exact) mass is 257 g/mol. The molecule has 0 saturated heterocycles. The van der Waals surface area contributed by atoms with Crippen LogP contribution in [-0.2, 0) is 4.79 Å². The van der Waals surface area contributed by atoms with Crippen molar-refractivity contribution in [2.45, 2.75) is 26.2 Å². The summed E-state index contributed by atoms with van der Waals surface area (Å²) in [6.07, 6.45) is 2.30. The zero-order chi connectivity index (χ0) is 13.4. The number of halogens is 2. The summed E-state index contributed by atoms with van der Waals surface area (Å²) < 4.78 is 30.8. The second-order valence-electron chi connectivity index (χ2n) is 3.88. The molecule has 0 saturated carbocycles. The summed E-state index contributed by atoms with van der Waals surface area (Å²) in [4.78, 5) is 11.2. The minimum Gasteiger partial charge on any atom is -0.489 e. The van der Waals surface area contributed by atoms with E-state index in [-0.39, 0.29) is 18.3 Å². The number of rotatable bonds is 7. The van der Waals surface area contributed by atoms with Crippen molar-refractivity contribution in [3.63, 3.8) is 0 Å². The van der Waals surface area contributed by atoms with E-state index in [1.807, 2.05) is 6.92 Å². The van der Waals surface area contributed by atoms with Gasteiger partial charge in [-0.3, -0.25) is 4.79 Å². The van der Waals surface area contributed by atoms with E-state index in [2.05, 4.69) is 5.32 Å². The fraction of sp³-hybridized carbons (Fsp3) is 0.462. The normalized spacial score (nSPS) is 10.2. The van der Waals surface area contributed by atoms with E-state index in [1.165, 1.54) is 6.07 Å². The summed E-state index contributed by atoms with van der Waals surface area (Å²) in [7, 11) is 0. The van der Waals surface area contributed by atoms with Crippen LogP contribution in [-0.4, -0.2) is 19.1 Å². The Labute approximate surface area is 105 Å². The van der Waals surface area contributed by atoms with Crippen LogP contribution in [0.5, 0.6) is 5.75 Å². The molecule has 18 heavy (non-hydrogen) atoms. The van der Waals surface area contributed by atoms with E-state index >= 15 is 0 Å². The summed E-state index contributed by atoms with van der Waals surface area (Å²) in [5.74, 6) is -1.45. The average molecular weight is 257 g/mol. The van der Waals surface area contributed by atoms with E-state index < -0.39 is 11.6 Å². The van der Waals surface area contributed by atoms with E-state index in [9.17, 15) is 13.6 Å². The number of hydrogen-bond acceptors (Lipinski definition) is 2. The Morgan fingerprint density at radius 3 is 2.83 bits per heavy atom. The van der Waals surface area contributed by atoms with Crippen molar-refractivity contribution in [2.24, 2.45) is 0 Å². The molecule has 0 spiro atoms. The van der Waals surface area contributed by atoms with Crippen molar-refractivity contribution in [3.05, 3.63) is 29.8 Å². The van der Waals surface area contributed by atoms with Gasteiger partial charge < -0.3 is 10.1 Å². The third-order valence-electron chi connectivity index (χ3n) is 2.33. The molecule has 1 aromatic carbocycles. The van der Waals surface area contributed by atoms with Crippen LogP contribution in [0.4, 0.5) is 8.78 Å². The number of hydrogen-bond donors (Lipinski definition) is 1. The molecule has 3 nitrogen and oxygen atoms in total. The summed E-state index contributed by atoms with van der Waals surface area (Å²) in [5.41, 5.74) is 0. The molecule has 0 fully saturated rings. The van der Waals surface area contributed by atoms with Gasteiger partial charge >= 0.3 is 0 Å². The van der Waals surface area contributed by atoms with Gasteiger partial charge in [-0.05, 0) is 18.6 Å². The van der Waals surface area contributed by atoms with E-state index in [1.54, 1.807) is 0 Å². The zero-order valence-corrected chi connectivity index (χ0v) is 10.3. The first-order valence-corrected chi connectivity index (χ1v) is 5.98. The standard InChI is InChI=1S/C13H17F2NO2/c1-2-3-4-13(17)16-7-8-18-12-6-5-10(14)9-11(12)15/h5-6,9H,2-4,7-8H2,1H3,(H,16,17). The second kappa shape index (κ2) is 7.63. The molecule has 0 bridgehead atoms. The molecular weight excluding hydrogens is 240 g/mol. The Morgan fingerprint density at radius 2 is 2.17 bits per heavy atom. The molecule has 1 rings (SSSR count). The largest absolute Gasteiger partial charge is 0.489 e. The van der Waals surface area contributed by atoms with Crippen LogP contribution in [0.1, 0.15) is 26.2 Å². The van der Waals surface area contributed by atoms with Crippen molar-refractivity contribution in [1.82, 2.24) is 5.32 Å². The molecular formula is C13H17F2NO2. The molecule has 0 radical (unpaired) electrons. The molecule has 100 valence electrons. The summed E-state index contributed by atoms with van der Waals surface area (Å²) in [6, 6.07) is 3.11. The number of carbonyl (C=O) groups excluding carboxylic acids is 1. The van der Waals surface area contributed by atoms with Crippen molar-refractivity contribution in [2.75, 3.05) is 13.2 Å². The van der Waals surface area contributed by atoms with Gasteiger partial charge in [0.25, 0.3) is 0 Å². The topological polar surface area (TPSA) is 38.3 Å². The molecule has 0 atom stereocenters. The SMILES string of the molecule is CCCCC(=O)NCCOc1ccc(F)cc1F. The van der Waals surface area contributed by atoms with Crippen LogP contribution in [0, 0.1) is 11.6 Å². The minimum atomic E-state index is -0.743. The maximum absolute atomic E-state index is 13.2. The van der Waals surface area contributed by atoms with Crippen molar-refractivity contribution >= 4 is 5.91 Å². The minimum absolute atomic E-state index is 0.0146. The third kappa shape index (κ3) is 5.12. The number of carbonyl (C=O) groups is 1. The Bertz CT molecular complexity index is 397.